The van der Waals surface area contributed by atoms with Gasteiger partial charge in [0.2, 0.25) is 5.91 Å². The summed E-state index contributed by atoms with van der Waals surface area (Å²) in [5, 5.41) is 0.513. The zero-order chi connectivity index (χ0) is 25.9. The number of nitrogens with zero attached hydrogens (tertiary/aromatic N) is 4. The second kappa shape index (κ2) is 10.7. The van der Waals surface area contributed by atoms with Crippen molar-refractivity contribution in [2.75, 3.05) is 29.3 Å². The minimum Gasteiger partial charge on any atom is -0.479 e. The lowest BCUT2D eigenvalue weighted by Crippen LogP contribution is -2.54. The van der Waals surface area contributed by atoms with Crippen LogP contribution >= 0.6 is 23.2 Å². The summed E-state index contributed by atoms with van der Waals surface area (Å²) in [6.07, 6.45) is 1.77. The molecule has 2 aromatic carbocycles. The normalized spacial score (nSPS) is 14.9. The van der Waals surface area contributed by atoms with Gasteiger partial charge in [0.1, 0.15) is 29.5 Å². The average molecular weight is 550 g/mol. The van der Waals surface area contributed by atoms with Gasteiger partial charge in [-0.3, -0.25) is 14.3 Å². The molecule has 0 bridgehead atoms. The predicted molar refractivity (Wildman–Crippen MR) is 135 cm³/mol. The number of nitrogens with one attached hydrogen (secondary N) is 1. The fourth-order valence-corrected chi connectivity index (χ4v) is 4.90. The van der Waals surface area contributed by atoms with Crippen LogP contribution in [0.15, 0.2) is 66.0 Å². The maximum Gasteiger partial charge on any atom is 0.263 e. The number of halogens is 2. The zero-order valence-electron chi connectivity index (χ0n) is 19.0. The first-order chi connectivity index (χ1) is 17.2. The summed E-state index contributed by atoms with van der Waals surface area (Å²) >= 11 is 12.1. The Hall–Kier alpha value is -3.41. The third-order valence-corrected chi connectivity index (χ3v) is 7.55. The van der Waals surface area contributed by atoms with Crippen LogP contribution in [-0.4, -0.2) is 60.8 Å². The van der Waals surface area contributed by atoms with Crippen molar-refractivity contribution in [1.29, 1.82) is 0 Å². The second-order valence-corrected chi connectivity index (χ2v) is 10.3. The van der Waals surface area contributed by atoms with E-state index in [2.05, 4.69) is 14.7 Å². The van der Waals surface area contributed by atoms with E-state index in [4.69, 9.17) is 27.9 Å². The molecule has 1 aliphatic rings. The fraction of sp³-hybridized carbons (Fsp3) is 0.217. The third kappa shape index (κ3) is 5.69. The molecule has 188 valence electrons. The van der Waals surface area contributed by atoms with Crippen molar-refractivity contribution in [2.45, 2.75) is 17.9 Å². The van der Waals surface area contributed by atoms with Crippen molar-refractivity contribution >= 4 is 56.5 Å². The topological polar surface area (TPSA) is 122 Å². The molecule has 36 heavy (non-hydrogen) atoms. The van der Waals surface area contributed by atoms with Crippen LogP contribution in [0.5, 0.6) is 5.75 Å². The number of carbonyl (C=O) groups is 2. The molecule has 1 fully saturated rings. The van der Waals surface area contributed by atoms with Gasteiger partial charge < -0.3 is 14.5 Å². The van der Waals surface area contributed by atoms with E-state index in [1.54, 1.807) is 25.1 Å². The summed E-state index contributed by atoms with van der Waals surface area (Å²) in [7, 11) is -3.86. The molecule has 1 atom stereocenters. The highest BCUT2D eigenvalue weighted by molar-refractivity contribution is 7.92. The van der Waals surface area contributed by atoms with Gasteiger partial charge in [0, 0.05) is 25.0 Å². The Morgan fingerprint density at radius 1 is 1.11 bits per heavy atom. The number of amides is 2. The number of piperazine rings is 1. The smallest absolute Gasteiger partial charge is 0.263 e. The molecule has 3 aromatic rings. The molecule has 1 N–H and O–H groups in total. The summed E-state index contributed by atoms with van der Waals surface area (Å²) in [6.45, 7) is 1.94. The largest absolute Gasteiger partial charge is 0.479 e. The van der Waals surface area contributed by atoms with E-state index in [0.717, 1.165) is 0 Å². The first-order valence-corrected chi connectivity index (χ1v) is 13.0. The SMILES string of the molecule is CC(Oc1cccc(Cl)c1Cl)C(=O)N1CCN(c2ccc(S(=O)(=O)Nc3ccncn3)cc2)C(=O)C1. The molecule has 2 heterocycles. The van der Waals surface area contributed by atoms with Crippen LogP contribution < -0.4 is 14.4 Å². The molecular weight excluding hydrogens is 529 g/mol. The van der Waals surface area contributed by atoms with E-state index in [0.29, 0.717) is 10.7 Å². The van der Waals surface area contributed by atoms with E-state index in [-0.39, 0.29) is 52.9 Å². The average Bonchev–Trinajstić information content (AvgIpc) is 2.86. The number of anilines is 2. The highest BCUT2D eigenvalue weighted by Crippen LogP contribution is 2.32. The Balaban J connectivity index is 1.38. The van der Waals surface area contributed by atoms with Crippen molar-refractivity contribution in [2.24, 2.45) is 0 Å². The maximum absolute atomic E-state index is 12.9. The molecule has 1 aliphatic heterocycles. The van der Waals surface area contributed by atoms with E-state index in [1.165, 1.54) is 52.7 Å². The standard InChI is InChI=1S/C23H21Cl2N5O5S/c1-15(35-19-4-2-3-18(24)22(19)25)23(32)29-11-12-30(21(31)13-29)16-5-7-17(8-6-16)36(33,34)28-20-9-10-26-14-27-20/h2-10,14-15H,11-13H2,1H3,(H,26,27,28). The Morgan fingerprint density at radius 2 is 1.86 bits per heavy atom. The summed E-state index contributed by atoms with van der Waals surface area (Å²) in [5.74, 6) is -0.256. The number of carbonyl (C=O) groups excluding carboxylic acids is 2. The minimum absolute atomic E-state index is 0.0109. The molecule has 1 saturated heterocycles. The summed E-state index contributed by atoms with van der Waals surface area (Å²) < 4.78 is 33.2. The molecule has 10 nitrogen and oxygen atoms in total. The van der Waals surface area contributed by atoms with Crippen LogP contribution in [-0.2, 0) is 19.6 Å². The van der Waals surface area contributed by atoms with Gasteiger partial charge in [0.05, 0.1) is 9.92 Å². The second-order valence-electron chi connectivity index (χ2n) is 7.81. The third-order valence-electron chi connectivity index (χ3n) is 5.38. The van der Waals surface area contributed by atoms with Gasteiger partial charge in [0.15, 0.2) is 6.10 Å². The molecule has 0 spiro atoms. The van der Waals surface area contributed by atoms with Gasteiger partial charge in [-0.05, 0) is 49.4 Å². The highest BCUT2D eigenvalue weighted by Gasteiger charge is 2.31. The van der Waals surface area contributed by atoms with E-state index in [9.17, 15) is 18.0 Å². The summed E-state index contributed by atoms with van der Waals surface area (Å²) in [4.78, 5) is 36.2. The van der Waals surface area contributed by atoms with Gasteiger partial charge in [-0.25, -0.2) is 18.4 Å². The Kier molecular flexibility index (Phi) is 7.62. The maximum atomic E-state index is 12.9. The highest BCUT2D eigenvalue weighted by atomic mass is 35.5. The van der Waals surface area contributed by atoms with Crippen molar-refractivity contribution in [3.63, 3.8) is 0 Å². The van der Waals surface area contributed by atoms with E-state index in [1.807, 2.05) is 0 Å². The lowest BCUT2D eigenvalue weighted by Gasteiger charge is -2.35. The van der Waals surface area contributed by atoms with Crippen LogP contribution in [0, 0.1) is 0 Å². The predicted octanol–water partition coefficient (Wildman–Crippen LogP) is 3.23. The molecule has 13 heteroatoms. The number of hydrogen-bond donors (Lipinski definition) is 1. The Labute approximate surface area is 217 Å². The number of aromatic nitrogens is 2. The fourth-order valence-electron chi connectivity index (χ4n) is 3.56. The summed E-state index contributed by atoms with van der Waals surface area (Å²) in [5.41, 5.74) is 0.517. The quantitative estimate of drug-likeness (QED) is 0.480. The van der Waals surface area contributed by atoms with E-state index >= 15 is 0 Å². The van der Waals surface area contributed by atoms with Gasteiger partial charge in [0.25, 0.3) is 15.9 Å². The number of hydrogen-bond acceptors (Lipinski definition) is 7. The first kappa shape index (κ1) is 25.7. The van der Waals surface area contributed by atoms with Crippen molar-refractivity contribution in [1.82, 2.24) is 14.9 Å². The zero-order valence-corrected chi connectivity index (χ0v) is 21.3. The number of ether oxygens (including phenoxy) is 1. The lowest BCUT2D eigenvalue weighted by atomic mass is 10.2. The van der Waals surface area contributed by atoms with Gasteiger partial charge in [-0.2, -0.15) is 0 Å². The molecule has 2 amide bonds. The number of rotatable bonds is 7. The number of benzene rings is 2. The monoisotopic (exact) mass is 549 g/mol. The van der Waals surface area contributed by atoms with Gasteiger partial charge in [-0.1, -0.05) is 29.3 Å². The van der Waals surface area contributed by atoms with Crippen molar-refractivity contribution in [3.8, 4) is 5.75 Å². The molecule has 1 aromatic heterocycles. The molecule has 4 rings (SSSR count). The number of sulfonamides is 1. The molecule has 0 radical (unpaired) electrons. The Bertz CT molecular complexity index is 1370. The Morgan fingerprint density at radius 3 is 2.53 bits per heavy atom. The molecule has 0 aliphatic carbocycles. The first-order valence-electron chi connectivity index (χ1n) is 10.7. The molecule has 1 unspecified atom stereocenters. The minimum atomic E-state index is -3.86. The summed E-state index contributed by atoms with van der Waals surface area (Å²) in [6, 6.07) is 12.2. The van der Waals surface area contributed by atoms with Crippen molar-refractivity contribution in [3.05, 3.63) is 71.1 Å². The van der Waals surface area contributed by atoms with E-state index < -0.39 is 16.1 Å². The van der Waals surface area contributed by atoms with Crippen LogP contribution in [0.1, 0.15) is 6.92 Å². The van der Waals surface area contributed by atoms with Crippen LogP contribution in [0.25, 0.3) is 0 Å². The van der Waals surface area contributed by atoms with Crippen molar-refractivity contribution < 1.29 is 22.7 Å². The van der Waals surface area contributed by atoms with Gasteiger partial charge >= 0.3 is 0 Å². The van der Waals surface area contributed by atoms with Crippen LogP contribution in [0.3, 0.4) is 0 Å². The van der Waals surface area contributed by atoms with Gasteiger partial charge in [-0.15, -0.1) is 0 Å². The van der Waals surface area contributed by atoms with Crippen LogP contribution in [0.4, 0.5) is 11.5 Å². The molecule has 0 saturated carbocycles. The lowest BCUT2D eigenvalue weighted by molar-refractivity contribution is -0.142. The molecular formula is C23H21Cl2N5O5S. The van der Waals surface area contributed by atoms with Crippen LogP contribution in [0.2, 0.25) is 10.0 Å².